The largest absolute Gasteiger partial charge is 0.444 e. The second kappa shape index (κ2) is 6.17. The average molecular weight is 265 g/mol. The van der Waals surface area contributed by atoms with Crippen molar-refractivity contribution in [3.8, 4) is 0 Å². The van der Waals surface area contributed by atoms with Gasteiger partial charge < -0.3 is 15.4 Å². The van der Waals surface area contributed by atoms with Crippen LogP contribution in [-0.2, 0) is 9.53 Å². The molecular formula is C13H19N3O3. The van der Waals surface area contributed by atoms with E-state index in [1.165, 1.54) is 0 Å². The molecule has 1 atom stereocenters. The van der Waals surface area contributed by atoms with Crippen LogP contribution < -0.4 is 10.6 Å². The van der Waals surface area contributed by atoms with Gasteiger partial charge in [0.2, 0.25) is 5.91 Å². The maximum Gasteiger partial charge on any atom is 0.408 e. The highest BCUT2D eigenvalue weighted by atomic mass is 16.6. The van der Waals surface area contributed by atoms with Gasteiger partial charge in [0.05, 0.1) is 0 Å². The summed E-state index contributed by atoms with van der Waals surface area (Å²) in [5, 5.41) is 5.13. The Labute approximate surface area is 112 Å². The first-order chi connectivity index (χ1) is 8.78. The van der Waals surface area contributed by atoms with Crippen molar-refractivity contribution in [3.05, 3.63) is 24.5 Å². The van der Waals surface area contributed by atoms with E-state index in [9.17, 15) is 9.59 Å². The molecule has 6 heteroatoms. The van der Waals surface area contributed by atoms with Crippen LogP contribution in [0.15, 0.2) is 24.5 Å². The summed E-state index contributed by atoms with van der Waals surface area (Å²) in [6.45, 7) is 6.86. The highest BCUT2D eigenvalue weighted by Gasteiger charge is 2.20. The zero-order valence-electron chi connectivity index (χ0n) is 11.6. The van der Waals surface area contributed by atoms with Gasteiger partial charge in [-0.15, -0.1) is 0 Å². The summed E-state index contributed by atoms with van der Waals surface area (Å²) in [5.41, 5.74) is 0.0311. The molecule has 1 heterocycles. The van der Waals surface area contributed by atoms with Gasteiger partial charge in [0, 0.05) is 18.1 Å². The van der Waals surface area contributed by atoms with Crippen LogP contribution in [0, 0.1) is 0 Å². The minimum atomic E-state index is -0.692. The number of ether oxygens (including phenoxy) is 1. The maximum atomic E-state index is 11.8. The van der Waals surface area contributed by atoms with Crippen LogP contribution in [0.1, 0.15) is 27.7 Å². The van der Waals surface area contributed by atoms with Crippen LogP contribution in [0.4, 0.5) is 10.5 Å². The van der Waals surface area contributed by atoms with E-state index < -0.39 is 17.7 Å². The summed E-state index contributed by atoms with van der Waals surface area (Å²) >= 11 is 0. The lowest BCUT2D eigenvalue weighted by atomic mass is 10.2. The highest BCUT2D eigenvalue weighted by molar-refractivity contribution is 5.96. The Kier molecular flexibility index (Phi) is 4.86. The van der Waals surface area contributed by atoms with Gasteiger partial charge in [-0.3, -0.25) is 9.78 Å². The Balaban J connectivity index is 2.47. The number of anilines is 1. The average Bonchev–Trinajstić information content (AvgIpc) is 2.27. The molecule has 19 heavy (non-hydrogen) atoms. The van der Waals surface area contributed by atoms with E-state index in [-0.39, 0.29) is 5.91 Å². The molecule has 0 aromatic carbocycles. The minimum Gasteiger partial charge on any atom is -0.444 e. The summed E-state index contributed by atoms with van der Waals surface area (Å²) in [6, 6.07) is 2.64. The molecule has 2 N–H and O–H groups in total. The van der Waals surface area contributed by atoms with Gasteiger partial charge in [0.15, 0.2) is 0 Å². The fraction of sp³-hybridized carbons (Fsp3) is 0.462. The summed E-state index contributed by atoms with van der Waals surface area (Å²) in [4.78, 5) is 27.2. The number of pyridine rings is 1. The Morgan fingerprint density at radius 3 is 2.37 bits per heavy atom. The van der Waals surface area contributed by atoms with E-state index in [2.05, 4.69) is 15.6 Å². The number of carbonyl (C=O) groups excluding carboxylic acids is 2. The predicted octanol–water partition coefficient (Wildman–Crippen LogP) is 1.93. The normalized spacial score (nSPS) is 12.4. The zero-order chi connectivity index (χ0) is 14.5. The molecule has 0 bridgehead atoms. The number of hydrogen-bond acceptors (Lipinski definition) is 4. The van der Waals surface area contributed by atoms with Crippen LogP contribution in [0.3, 0.4) is 0 Å². The van der Waals surface area contributed by atoms with Gasteiger partial charge in [-0.2, -0.15) is 0 Å². The lowest BCUT2D eigenvalue weighted by Crippen LogP contribution is -2.43. The third-order valence-corrected chi connectivity index (χ3v) is 2.07. The van der Waals surface area contributed by atoms with Crippen molar-refractivity contribution >= 4 is 17.7 Å². The van der Waals surface area contributed by atoms with Gasteiger partial charge in [0.1, 0.15) is 11.6 Å². The molecule has 2 amide bonds. The minimum absolute atomic E-state index is 0.322. The quantitative estimate of drug-likeness (QED) is 0.875. The molecule has 0 unspecified atom stereocenters. The van der Waals surface area contributed by atoms with Gasteiger partial charge in [0.25, 0.3) is 0 Å². The lowest BCUT2D eigenvalue weighted by Gasteiger charge is -2.21. The second-order valence-electron chi connectivity index (χ2n) is 5.09. The summed E-state index contributed by atoms with van der Waals surface area (Å²) in [6.07, 6.45) is 2.52. The van der Waals surface area contributed by atoms with Crippen molar-refractivity contribution in [3.63, 3.8) is 0 Å². The smallest absolute Gasteiger partial charge is 0.408 e. The maximum absolute atomic E-state index is 11.8. The number of nitrogens with zero attached hydrogens (tertiary/aromatic N) is 1. The Bertz CT molecular complexity index is 440. The molecule has 1 aromatic rings. The van der Waals surface area contributed by atoms with Crippen LogP contribution in [-0.4, -0.2) is 28.6 Å². The second-order valence-corrected chi connectivity index (χ2v) is 5.09. The van der Waals surface area contributed by atoms with Gasteiger partial charge in [-0.05, 0) is 39.8 Å². The Hall–Kier alpha value is -2.11. The van der Waals surface area contributed by atoms with Crippen molar-refractivity contribution in [1.82, 2.24) is 10.3 Å². The van der Waals surface area contributed by atoms with Crippen molar-refractivity contribution in [1.29, 1.82) is 0 Å². The van der Waals surface area contributed by atoms with Gasteiger partial charge in [-0.25, -0.2) is 4.79 Å². The standard InChI is InChI=1S/C13H19N3O3/c1-9(15-12(18)19-13(2,3)4)11(17)16-10-5-7-14-8-6-10/h5-9H,1-4H3,(H,15,18)(H,14,16,17)/t9-/m0/s1. The first-order valence-corrected chi connectivity index (χ1v) is 5.98. The number of amides is 2. The summed E-state index contributed by atoms with van der Waals surface area (Å²) in [7, 11) is 0. The zero-order valence-corrected chi connectivity index (χ0v) is 11.6. The van der Waals surface area contributed by atoms with Crippen molar-refractivity contribution < 1.29 is 14.3 Å². The van der Waals surface area contributed by atoms with E-state index >= 15 is 0 Å². The van der Waals surface area contributed by atoms with Crippen LogP contribution in [0.25, 0.3) is 0 Å². The fourth-order valence-corrected chi connectivity index (χ4v) is 1.24. The molecule has 104 valence electrons. The molecule has 1 rings (SSSR count). The molecular weight excluding hydrogens is 246 g/mol. The Morgan fingerprint density at radius 1 is 1.26 bits per heavy atom. The number of aromatic nitrogens is 1. The van der Waals surface area contributed by atoms with E-state index in [0.717, 1.165) is 0 Å². The van der Waals surface area contributed by atoms with Crippen LogP contribution >= 0.6 is 0 Å². The first-order valence-electron chi connectivity index (χ1n) is 5.98. The Morgan fingerprint density at radius 2 is 1.84 bits per heavy atom. The number of nitrogens with one attached hydrogen (secondary N) is 2. The van der Waals surface area contributed by atoms with E-state index in [1.54, 1.807) is 52.2 Å². The molecule has 1 aromatic heterocycles. The number of alkyl carbamates (subject to hydrolysis) is 1. The molecule has 0 fully saturated rings. The van der Waals surface area contributed by atoms with Crippen LogP contribution in [0.5, 0.6) is 0 Å². The molecule has 0 saturated heterocycles. The molecule has 0 radical (unpaired) electrons. The van der Waals surface area contributed by atoms with Gasteiger partial charge >= 0.3 is 6.09 Å². The number of rotatable bonds is 3. The molecule has 0 aliphatic heterocycles. The number of carbonyl (C=O) groups is 2. The fourth-order valence-electron chi connectivity index (χ4n) is 1.24. The third kappa shape index (κ3) is 5.85. The monoisotopic (exact) mass is 265 g/mol. The van der Waals surface area contributed by atoms with E-state index in [1.807, 2.05) is 0 Å². The predicted molar refractivity (Wildman–Crippen MR) is 71.7 cm³/mol. The third-order valence-electron chi connectivity index (χ3n) is 2.07. The first kappa shape index (κ1) is 14.9. The molecule has 0 aliphatic rings. The molecule has 6 nitrogen and oxygen atoms in total. The van der Waals surface area contributed by atoms with Crippen molar-refractivity contribution in [2.75, 3.05) is 5.32 Å². The highest BCUT2D eigenvalue weighted by Crippen LogP contribution is 2.07. The van der Waals surface area contributed by atoms with Crippen molar-refractivity contribution in [2.45, 2.75) is 39.3 Å². The van der Waals surface area contributed by atoms with Gasteiger partial charge in [-0.1, -0.05) is 0 Å². The van der Waals surface area contributed by atoms with Crippen LogP contribution in [0.2, 0.25) is 0 Å². The molecule has 0 saturated carbocycles. The SMILES string of the molecule is C[C@H](NC(=O)OC(C)(C)C)C(=O)Nc1ccncc1. The lowest BCUT2D eigenvalue weighted by molar-refractivity contribution is -0.117. The number of hydrogen-bond donors (Lipinski definition) is 2. The van der Waals surface area contributed by atoms with E-state index in [0.29, 0.717) is 5.69 Å². The molecule has 0 spiro atoms. The topological polar surface area (TPSA) is 80.3 Å². The molecule has 0 aliphatic carbocycles. The summed E-state index contributed by atoms with van der Waals surface area (Å²) < 4.78 is 5.07. The van der Waals surface area contributed by atoms with Crippen molar-refractivity contribution in [2.24, 2.45) is 0 Å². The van der Waals surface area contributed by atoms with E-state index in [4.69, 9.17) is 4.74 Å². The summed E-state index contributed by atoms with van der Waals surface area (Å²) in [5.74, 6) is -0.322.